The van der Waals surface area contributed by atoms with Crippen LogP contribution < -0.4 is 20.8 Å². The number of phenolic OH excluding ortho intramolecular Hbond substituents is 2. The number of carbonyl (C=O) groups excluding carboxylic acids is 1. The van der Waals surface area contributed by atoms with Crippen molar-refractivity contribution < 1.29 is 65.4 Å². The Balaban J connectivity index is 1.53. The highest BCUT2D eigenvalue weighted by Crippen LogP contribution is 2.46. The summed E-state index contributed by atoms with van der Waals surface area (Å²) in [5.74, 6) is -5.11. The van der Waals surface area contributed by atoms with Gasteiger partial charge in [-0.2, -0.15) is 21.9 Å². The summed E-state index contributed by atoms with van der Waals surface area (Å²) >= 11 is 0. The molecule has 0 atom stereocenters. The highest BCUT2D eigenvalue weighted by Gasteiger charge is 2.26. The van der Waals surface area contributed by atoms with Crippen molar-refractivity contribution in [2.75, 3.05) is 14.2 Å². The van der Waals surface area contributed by atoms with Crippen molar-refractivity contribution in [3.8, 4) is 28.9 Å². The smallest absolute Gasteiger partial charge is 0.338 e. The molecule has 0 fully saturated rings. The first-order valence-corrected chi connectivity index (χ1v) is 19.1. The number of nitrogens with two attached hydrogens (primary N) is 1. The molecule has 308 valence electrons. The predicted molar refractivity (Wildman–Crippen MR) is 204 cm³/mol. The molecule has 0 aliphatic heterocycles. The number of pyridine rings is 1. The van der Waals surface area contributed by atoms with Gasteiger partial charge < -0.3 is 35.6 Å². The molecule has 8 N–H and O–H groups in total. The summed E-state index contributed by atoms with van der Waals surface area (Å²) in [6.45, 7) is 2.90. The average Bonchev–Trinajstić information content (AvgIpc) is 3.15. The maximum absolute atomic E-state index is 12.7. The lowest BCUT2D eigenvalue weighted by molar-refractivity contribution is 0.0697. The van der Waals surface area contributed by atoms with E-state index in [0.717, 1.165) is 16.7 Å². The number of benzene rings is 4. The Labute approximate surface area is 331 Å². The number of rotatable bonds is 13. The molecule has 0 spiro atoms. The maximum Gasteiger partial charge on any atom is 0.338 e. The Morgan fingerprint density at radius 3 is 1.88 bits per heavy atom. The average molecular weight is 855 g/mol. The number of aromatic hydroxyl groups is 3. The van der Waals surface area contributed by atoms with Crippen LogP contribution in [0, 0.1) is 6.92 Å². The Kier molecular flexibility index (Phi) is 11.8. The predicted octanol–water partition coefficient (Wildman–Crippen LogP) is 6.00. The topological polar surface area (TPSA) is 364 Å². The van der Waals surface area contributed by atoms with Gasteiger partial charge in [-0.25, -0.2) is 4.79 Å². The number of fused-ring (bicyclic) bond motifs is 1. The molecule has 0 saturated carbocycles. The number of amides is 1. The summed E-state index contributed by atoms with van der Waals surface area (Å²) in [4.78, 5) is 34.9. The van der Waals surface area contributed by atoms with Crippen LogP contribution in [0.1, 0.15) is 33.2 Å². The number of primary amides is 1. The Bertz CT molecular complexity index is 2980. The molecule has 0 radical (unpaired) electrons. The number of aromatic nitrogens is 1. The lowest BCUT2D eigenvalue weighted by Gasteiger charge is -2.13. The second-order valence-corrected chi connectivity index (χ2v) is 14.8. The van der Waals surface area contributed by atoms with Crippen molar-refractivity contribution in [3.05, 3.63) is 75.6 Å². The van der Waals surface area contributed by atoms with Gasteiger partial charge in [0.15, 0.2) is 5.75 Å². The lowest BCUT2D eigenvalue weighted by Crippen LogP contribution is -2.30. The van der Waals surface area contributed by atoms with Gasteiger partial charge in [-0.3, -0.25) is 23.3 Å². The Hall–Kier alpha value is -7.35. The minimum absolute atomic E-state index is 0.0162. The van der Waals surface area contributed by atoms with Crippen molar-refractivity contribution >= 4 is 77.0 Å². The summed E-state index contributed by atoms with van der Waals surface area (Å²) in [6, 6.07) is 7.88. The number of hydrogen-bond acceptors (Lipinski definition) is 18. The number of methoxy groups -OCH3 is 2. The first kappa shape index (κ1) is 42.8. The maximum atomic E-state index is 12.7. The number of carboxylic acids is 1. The molecule has 59 heavy (non-hydrogen) atoms. The molecule has 0 aliphatic rings. The monoisotopic (exact) mass is 854 g/mol. The van der Waals surface area contributed by atoms with Crippen LogP contribution >= 0.6 is 0 Å². The lowest BCUT2D eigenvalue weighted by atomic mass is 10.1. The van der Waals surface area contributed by atoms with Gasteiger partial charge in [-0.15, -0.1) is 25.6 Å². The van der Waals surface area contributed by atoms with Crippen LogP contribution in [0.3, 0.4) is 0 Å². The van der Waals surface area contributed by atoms with E-state index in [9.17, 15) is 60.8 Å². The van der Waals surface area contributed by atoms with Crippen molar-refractivity contribution in [2.45, 2.75) is 30.2 Å². The summed E-state index contributed by atoms with van der Waals surface area (Å²) < 4.78 is 78.7. The van der Waals surface area contributed by atoms with Crippen LogP contribution in [-0.2, 0) is 26.8 Å². The van der Waals surface area contributed by atoms with Crippen molar-refractivity contribution in [1.82, 2.24) is 4.57 Å². The zero-order chi connectivity index (χ0) is 43.7. The Morgan fingerprint density at radius 1 is 0.780 bits per heavy atom. The first-order valence-electron chi connectivity index (χ1n) is 16.2. The number of phenols is 2. The number of carbonyl (C=O) groups is 2. The molecule has 5 aromatic rings. The van der Waals surface area contributed by atoms with E-state index in [-0.39, 0.29) is 51.9 Å². The van der Waals surface area contributed by atoms with Crippen molar-refractivity contribution in [3.63, 3.8) is 0 Å². The number of carboxylic acid groups (broad SMARTS) is 1. The van der Waals surface area contributed by atoms with E-state index in [1.807, 2.05) is 0 Å². The fourth-order valence-electron chi connectivity index (χ4n) is 5.58. The van der Waals surface area contributed by atoms with E-state index < -0.39 is 92.6 Å². The highest BCUT2D eigenvalue weighted by atomic mass is 32.2. The van der Waals surface area contributed by atoms with Gasteiger partial charge >= 0.3 is 5.97 Å². The second kappa shape index (κ2) is 16.3. The first-order chi connectivity index (χ1) is 27.6. The van der Waals surface area contributed by atoms with Gasteiger partial charge in [0.25, 0.3) is 31.7 Å². The van der Waals surface area contributed by atoms with Gasteiger partial charge in [0, 0.05) is 30.3 Å². The largest absolute Gasteiger partial charge is 0.507 e. The molecule has 1 aromatic heterocycles. The van der Waals surface area contributed by atoms with Gasteiger partial charge in [0.05, 0.1) is 35.8 Å². The minimum Gasteiger partial charge on any atom is -0.507 e. The van der Waals surface area contributed by atoms with Crippen LogP contribution in [0.5, 0.6) is 28.9 Å². The number of hydrogen-bond donors (Lipinski definition) is 7. The summed E-state index contributed by atoms with van der Waals surface area (Å²) in [6.07, 6.45) is 0. The minimum atomic E-state index is -5.24. The van der Waals surface area contributed by atoms with Gasteiger partial charge in [0.2, 0.25) is 5.88 Å². The quantitative estimate of drug-likeness (QED) is 0.0527. The van der Waals surface area contributed by atoms with Gasteiger partial charge in [-0.05, 0) is 49.6 Å². The fraction of sp³-hybridized carbons (Fsp3) is 0.147. The fourth-order valence-corrected chi connectivity index (χ4v) is 6.77. The van der Waals surface area contributed by atoms with E-state index in [1.54, 1.807) is 6.92 Å². The summed E-state index contributed by atoms with van der Waals surface area (Å²) in [7, 11) is -7.57. The molecule has 0 saturated heterocycles. The molecule has 1 amide bonds. The Morgan fingerprint density at radius 2 is 1.36 bits per heavy atom. The molecular weight excluding hydrogens is 825 g/mol. The third-order valence-electron chi connectivity index (χ3n) is 8.38. The number of ether oxygens (including phenoxy) is 2. The highest BCUT2D eigenvalue weighted by molar-refractivity contribution is 7.86. The molecule has 23 nitrogen and oxygen atoms in total. The second-order valence-electron chi connectivity index (χ2n) is 12.0. The standard InChI is InChI=1S/C34H30N8O15S2/c1-5-42-32(46)26(31(35)45)14(2)28(33(42)47)40-39-21-13-23(56-3)20(12-24(21)57-4)38-36-16-6-7-19(18(10-16)34(48)49)37-41-29-25(59(53,54)55)9-15-8-17(58(50,51)52)11-22(43)27(15)30(29)44/h6-13,43-44,47H,5H2,1-4H3,(H2,35,45)(H,48,49)(H,50,51,52)(H,53,54,55)/b38-36+,40-39+,41-37+. The number of azo groups is 3. The van der Waals surface area contributed by atoms with E-state index >= 15 is 0 Å². The summed E-state index contributed by atoms with van der Waals surface area (Å²) in [5, 5.41) is 64.6. The normalized spacial score (nSPS) is 12.2. The molecule has 25 heteroatoms. The molecule has 0 aliphatic carbocycles. The van der Waals surface area contributed by atoms with Crippen LogP contribution in [-0.4, -0.2) is 77.0 Å². The van der Waals surface area contributed by atoms with Crippen LogP contribution in [0.25, 0.3) is 10.8 Å². The van der Waals surface area contributed by atoms with Crippen LogP contribution in [0.15, 0.2) is 93.8 Å². The molecule has 5 rings (SSSR count). The van der Waals surface area contributed by atoms with Gasteiger partial charge in [0.1, 0.15) is 56.1 Å². The van der Waals surface area contributed by atoms with Crippen LogP contribution in [0.2, 0.25) is 0 Å². The van der Waals surface area contributed by atoms with Crippen LogP contribution in [0.4, 0.5) is 34.1 Å². The third kappa shape index (κ3) is 8.52. The SMILES string of the molecule is CCn1c(O)c(/N=N/c2cc(OC)c(/N=N/c3ccc(/N=N/c4c(S(=O)(=O)O)cc5cc(S(=O)(=O)O)cc(O)c5c4O)c(C(=O)O)c3)cc2OC)c(C)c(C(N)=O)c1=O. The van der Waals surface area contributed by atoms with Crippen molar-refractivity contribution in [1.29, 1.82) is 0 Å². The van der Waals surface area contributed by atoms with E-state index in [1.165, 1.54) is 39.3 Å². The van der Waals surface area contributed by atoms with Gasteiger partial charge in [-0.1, -0.05) is 0 Å². The number of aromatic carboxylic acids is 1. The molecular formula is C34H30N8O15S2. The van der Waals surface area contributed by atoms with E-state index in [0.29, 0.717) is 18.2 Å². The molecule has 0 unspecified atom stereocenters. The molecule has 0 bridgehead atoms. The zero-order valence-electron chi connectivity index (χ0n) is 30.7. The zero-order valence-corrected chi connectivity index (χ0v) is 32.3. The molecule has 4 aromatic carbocycles. The van der Waals surface area contributed by atoms with E-state index in [2.05, 4.69) is 30.7 Å². The van der Waals surface area contributed by atoms with Crippen molar-refractivity contribution in [2.24, 2.45) is 36.4 Å². The third-order valence-corrected chi connectivity index (χ3v) is 10.1. The summed E-state index contributed by atoms with van der Waals surface area (Å²) in [5.41, 5.74) is 2.01. The number of nitrogens with zero attached hydrogens (tertiary/aromatic N) is 7. The van der Waals surface area contributed by atoms with E-state index in [4.69, 9.17) is 15.2 Å². The molecule has 1 heterocycles.